The lowest BCUT2D eigenvalue weighted by Crippen LogP contribution is -2.53. The van der Waals surface area contributed by atoms with E-state index in [-0.39, 0.29) is 17.1 Å². The highest BCUT2D eigenvalue weighted by molar-refractivity contribution is 6.04. The molecule has 1 N–H and O–H groups in total. The maximum atomic E-state index is 13.6. The van der Waals surface area contributed by atoms with Crippen LogP contribution in [0.5, 0.6) is 0 Å². The fraction of sp³-hybridized carbons (Fsp3) is 0.333. The van der Waals surface area contributed by atoms with Gasteiger partial charge in [-0.25, -0.2) is 4.39 Å². The van der Waals surface area contributed by atoms with Gasteiger partial charge >= 0.3 is 0 Å². The Labute approximate surface area is 147 Å². The number of Topliss-reactive ketones (excluding diaryl/α,β-unsaturated/α-hetero) is 1. The van der Waals surface area contributed by atoms with E-state index < -0.39 is 0 Å². The molecule has 0 saturated carbocycles. The third-order valence-electron chi connectivity index (χ3n) is 5.35. The summed E-state index contributed by atoms with van der Waals surface area (Å²) in [5.41, 5.74) is 3.89. The second-order valence-corrected chi connectivity index (χ2v) is 7.01. The first-order valence-corrected chi connectivity index (χ1v) is 8.74. The van der Waals surface area contributed by atoms with Crippen LogP contribution in [0.25, 0.3) is 11.1 Å². The van der Waals surface area contributed by atoms with Gasteiger partial charge in [0.2, 0.25) is 0 Å². The highest BCUT2D eigenvalue weighted by Gasteiger charge is 2.42. The summed E-state index contributed by atoms with van der Waals surface area (Å²) in [4.78, 5) is 16.6. The van der Waals surface area contributed by atoms with Crippen molar-refractivity contribution in [2.24, 2.45) is 4.99 Å². The third kappa shape index (κ3) is 2.86. The fourth-order valence-electron chi connectivity index (χ4n) is 4.20. The minimum absolute atomic E-state index is 0.225. The smallest absolute Gasteiger partial charge is 0.143 e. The molecule has 3 nitrogen and oxygen atoms in total. The van der Waals surface area contributed by atoms with Gasteiger partial charge in [-0.05, 0) is 59.7 Å². The highest BCUT2D eigenvalue weighted by atomic mass is 19.1. The van der Waals surface area contributed by atoms with E-state index in [1.165, 1.54) is 11.6 Å². The number of carbonyl (C=O) groups excluding carboxylic acids is 1. The molecular formula is C21H21FN2O. The molecule has 1 atom stereocenters. The number of aliphatic imine (C=N–C) groups is 1. The molecule has 2 aromatic carbocycles. The van der Waals surface area contributed by atoms with Crippen LogP contribution in [-0.2, 0) is 16.8 Å². The van der Waals surface area contributed by atoms with Gasteiger partial charge in [-0.3, -0.25) is 9.79 Å². The maximum absolute atomic E-state index is 13.6. The van der Waals surface area contributed by atoms with Gasteiger partial charge in [-0.1, -0.05) is 24.3 Å². The zero-order valence-electron chi connectivity index (χ0n) is 14.3. The van der Waals surface area contributed by atoms with Gasteiger partial charge in [0.25, 0.3) is 0 Å². The van der Waals surface area contributed by atoms with Crippen LogP contribution in [0.4, 0.5) is 4.39 Å². The monoisotopic (exact) mass is 336 g/mol. The predicted molar refractivity (Wildman–Crippen MR) is 97.2 cm³/mol. The van der Waals surface area contributed by atoms with Crippen molar-refractivity contribution in [1.82, 2.24) is 5.32 Å². The zero-order valence-corrected chi connectivity index (χ0v) is 14.3. The summed E-state index contributed by atoms with van der Waals surface area (Å²) in [5, 5.41) is 3.55. The Morgan fingerprint density at radius 1 is 1.16 bits per heavy atom. The molecule has 4 heteroatoms. The number of benzene rings is 2. The summed E-state index contributed by atoms with van der Waals surface area (Å²) in [6.07, 6.45) is 3.85. The second-order valence-electron chi connectivity index (χ2n) is 7.01. The van der Waals surface area contributed by atoms with Crippen LogP contribution in [0.1, 0.15) is 36.8 Å². The van der Waals surface area contributed by atoms with Gasteiger partial charge in [0.1, 0.15) is 17.4 Å². The molecule has 0 bridgehead atoms. The minimum Gasteiger partial charge on any atom is -0.364 e. The first kappa shape index (κ1) is 16.0. The number of nitrogens with one attached hydrogen (secondary N) is 1. The minimum atomic E-state index is -0.374. The number of fused-ring (bicyclic) bond motifs is 2. The lowest BCUT2D eigenvalue weighted by atomic mass is 9.71. The van der Waals surface area contributed by atoms with E-state index in [4.69, 9.17) is 0 Å². The number of piperidine rings is 1. The molecule has 0 aromatic heterocycles. The van der Waals surface area contributed by atoms with Gasteiger partial charge in [0.15, 0.2) is 0 Å². The molecule has 1 aliphatic heterocycles. The van der Waals surface area contributed by atoms with E-state index in [0.29, 0.717) is 12.8 Å². The van der Waals surface area contributed by atoms with Crippen molar-refractivity contribution in [2.45, 2.75) is 37.6 Å². The Morgan fingerprint density at radius 2 is 2.00 bits per heavy atom. The summed E-state index contributed by atoms with van der Waals surface area (Å²) >= 11 is 0. The van der Waals surface area contributed by atoms with Gasteiger partial charge < -0.3 is 5.32 Å². The second kappa shape index (κ2) is 6.10. The predicted octanol–water partition coefficient (Wildman–Crippen LogP) is 4.01. The molecule has 1 fully saturated rings. The molecule has 1 heterocycles. The molecule has 128 valence electrons. The van der Waals surface area contributed by atoms with Gasteiger partial charge in [0.05, 0.1) is 12.0 Å². The van der Waals surface area contributed by atoms with Crippen LogP contribution in [0, 0.1) is 5.82 Å². The number of aryl methyl sites for hydroxylation is 1. The summed E-state index contributed by atoms with van der Waals surface area (Å²) in [6, 6.07) is 12.9. The van der Waals surface area contributed by atoms with Gasteiger partial charge in [0, 0.05) is 13.5 Å². The molecule has 2 aromatic rings. The number of carbonyl (C=O) groups is 1. The van der Waals surface area contributed by atoms with Crippen LogP contribution >= 0.6 is 0 Å². The molecular weight excluding hydrogens is 315 g/mol. The fourth-order valence-corrected chi connectivity index (χ4v) is 4.20. The summed E-state index contributed by atoms with van der Waals surface area (Å²) in [7, 11) is 1.72. The van der Waals surface area contributed by atoms with Crippen molar-refractivity contribution in [1.29, 1.82) is 0 Å². The first-order chi connectivity index (χ1) is 12.1. The van der Waals surface area contributed by atoms with Crippen molar-refractivity contribution in [3.63, 3.8) is 0 Å². The van der Waals surface area contributed by atoms with Gasteiger partial charge in [-0.2, -0.15) is 0 Å². The Kier molecular flexibility index (Phi) is 3.91. The quantitative estimate of drug-likeness (QED) is 0.855. The molecule has 2 aliphatic rings. The average Bonchev–Trinajstić information content (AvgIpc) is 2.61. The maximum Gasteiger partial charge on any atom is 0.143 e. The van der Waals surface area contributed by atoms with Crippen LogP contribution < -0.4 is 5.32 Å². The van der Waals surface area contributed by atoms with Crippen molar-refractivity contribution >= 4 is 11.6 Å². The number of hydrogen-bond donors (Lipinski definition) is 1. The molecule has 0 radical (unpaired) electrons. The van der Waals surface area contributed by atoms with E-state index in [1.54, 1.807) is 19.2 Å². The van der Waals surface area contributed by atoms with E-state index in [9.17, 15) is 9.18 Å². The molecule has 25 heavy (non-hydrogen) atoms. The average molecular weight is 336 g/mol. The van der Waals surface area contributed by atoms with E-state index in [2.05, 4.69) is 22.4 Å². The lowest BCUT2D eigenvalue weighted by Gasteiger charge is -2.43. The molecule has 1 saturated heterocycles. The Morgan fingerprint density at radius 3 is 2.80 bits per heavy atom. The molecule has 0 amide bonds. The number of halogens is 1. The Bertz CT molecular complexity index is 874. The largest absolute Gasteiger partial charge is 0.364 e. The normalized spacial score (nSPS) is 24.2. The van der Waals surface area contributed by atoms with Crippen molar-refractivity contribution in [3.05, 3.63) is 59.4 Å². The highest BCUT2D eigenvalue weighted by Crippen LogP contribution is 2.42. The number of rotatable bonds is 1. The van der Waals surface area contributed by atoms with E-state index in [0.717, 1.165) is 41.8 Å². The third-order valence-corrected chi connectivity index (χ3v) is 5.35. The zero-order chi connectivity index (χ0) is 17.4. The first-order valence-electron chi connectivity index (χ1n) is 8.74. The van der Waals surface area contributed by atoms with Crippen LogP contribution in [0.15, 0.2) is 47.5 Å². The van der Waals surface area contributed by atoms with Gasteiger partial charge in [-0.15, -0.1) is 0 Å². The van der Waals surface area contributed by atoms with E-state index in [1.807, 2.05) is 12.1 Å². The Balaban J connectivity index is 1.83. The number of amidine groups is 1. The molecule has 0 unspecified atom stereocenters. The van der Waals surface area contributed by atoms with E-state index >= 15 is 0 Å². The number of hydrogen-bond acceptors (Lipinski definition) is 2. The SMILES string of the molecule is CN=C1CC(=O)C[C@]2(CCCc3ccc(-c4cccc(F)c4)cc32)N1. The summed E-state index contributed by atoms with van der Waals surface area (Å²) < 4.78 is 13.6. The van der Waals surface area contributed by atoms with Crippen molar-refractivity contribution in [2.75, 3.05) is 7.05 Å². The number of nitrogens with zero attached hydrogens (tertiary/aromatic N) is 1. The number of ketones is 1. The lowest BCUT2D eigenvalue weighted by molar-refractivity contribution is -0.120. The van der Waals surface area contributed by atoms with Crippen LogP contribution in [0.2, 0.25) is 0 Å². The standard InChI is InChI=1S/C21H21FN2O/c1-23-20-12-18(25)13-21(24-20)9-3-5-14-7-8-16(11-19(14)21)15-4-2-6-17(22)10-15/h2,4,6-8,10-11H,3,5,9,12-13H2,1H3,(H,23,24)/t21-/m0/s1. The molecule has 1 spiro atoms. The van der Waals surface area contributed by atoms with Crippen molar-refractivity contribution in [3.8, 4) is 11.1 Å². The van der Waals surface area contributed by atoms with Crippen LogP contribution in [-0.4, -0.2) is 18.7 Å². The topological polar surface area (TPSA) is 41.5 Å². The Hall–Kier alpha value is -2.49. The molecule has 1 aliphatic carbocycles. The summed E-state index contributed by atoms with van der Waals surface area (Å²) in [5.74, 6) is 0.750. The molecule has 4 rings (SSSR count). The van der Waals surface area contributed by atoms with Crippen LogP contribution in [0.3, 0.4) is 0 Å². The van der Waals surface area contributed by atoms with Crippen molar-refractivity contribution < 1.29 is 9.18 Å². The summed E-state index contributed by atoms with van der Waals surface area (Å²) in [6.45, 7) is 0.